The molecule has 0 saturated heterocycles. The van der Waals surface area contributed by atoms with Crippen LogP contribution in [0.4, 0.5) is 21.7 Å². The molecule has 0 spiro atoms. The molecule has 2 heterocycles. The second-order valence-corrected chi connectivity index (χ2v) is 7.78. The summed E-state index contributed by atoms with van der Waals surface area (Å²) >= 11 is 6.05. The van der Waals surface area contributed by atoms with Gasteiger partial charge in [0.25, 0.3) is 0 Å². The van der Waals surface area contributed by atoms with Crippen LogP contribution < -0.4 is 10.6 Å². The third kappa shape index (κ3) is 4.24. The van der Waals surface area contributed by atoms with E-state index in [1.807, 2.05) is 57.2 Å². The molecule has 0 amide bonds. The van der Waals surface area contributed by atoms with Crippen LogP contribution in [-0.2, 0) is 6.42 Å². The number of aromatic nitrogens is 3. The van der Waals surface area contributed by atoms with Crippen molar-refractivity contribution in [3.63, 3.8) is 0 Å². The molecule has 0 radical (unpaired) electrons. The number of rotatable bonds is 6. The number of aryl methyl sites for hydroxylation is 3. The van der Waals surface area contributed by atoms with Crippen molar-refractivity contribution in [2.45, 2.75) is 27.2 Å². The quantitative estimate of drug-likeness (QED) is 0.352. The standard InChI is InChI=1S/C23H23ClFN5/c1-13-7-8-19(25)23-22(13)18(14(2)27-23)9-10-26-20-12-21(29-15(3)28-20)30-17-6-4-5-16(24)11-17/h4-8,11-12,27H,9-10H2,1-3H3,(H2,26,28,29,30). The highest BCUT2D eigenvalue weighted by Gasteiger charge is 2.14. The molecule has 0 atom stereocenters. The zero-order chi connectivity index (χ0) is 21.3. The molecule has 154 valence electrons. The lowest BCUT2D eigenvalue weighted by atomic mass is 10.0. The van der Waals surface area contributed by atoms with Crippen molar-refractivity contribution in [1.29, 1.82) is 0 Å². The number of nitrogens with one attached hydrogen (secondary N) is 3. The lowest BCUT2D eigenvalue weighted by molar-refractivity contribution is 0.637. The number of H-pyrrole nitrogens is 1. The van der Waals surface area contributed by atoms with Gasteiger partial charge in [0, 0.05) is 34.4 Å². The average Bonchev–Trinajstić information content (AvgIpc) is 3.02. The van der Waals surface area contributed by atoms with Gasteiger partial charge in [-0.1, -0.05) is 23.7 Å². The molecule has 0 aliphatic rings. The van der Waals surface area contributed by atoms with Crippen molar-refractivity contribution in [1.82, 2.24) is 15.0 Å². The largest absolute Gasteiger partial charge is 0.370 e. The molecule has 4 rings (SSSR count). The number of hydrogen-bond acceptors (Lipinski definition) is 4. The molecular formula is C23H23ClFN5. The fourth-order valence-electron chi connectivity index (χ4n) is 3.71. The Balaban J connectivity index is 1.50. The number of aromatic amines is 1. The van der Waals surface area contributed by atoms with Gasteiger partial charge in [-0.3, -0.25) is 0 Å². The maximum Gasteiger partial charge on any atom is 0.147 e. The van der Waals surface area contributed by atoms with Gasteiger partial charge in [-0.15, -0.1) is 0 Å². The van der Waals surface area contributed by atoms with E-state index in [2.05, 4.69) is 25.6 Å². The molecule has 3 N–H and O–H groups in total. The van der Waals surface area contributed by atoms with Crippen molar-refractivity contribution in [2.24, 2.45) is 0 Å². The first-order valence-corrected chi connectivity index (χ1v) is 10.2. The molecule has 5 nitrogen and oxygen atoms in total. The number of benzene rings is 2. The second kappa shape index (κ2) is 8.32. The van der Waals surface area contributed by atoms with Crippen molar-refractivity contribution in [3.8, 4) is 0 Å². The van der Waals surface area contributed by atoms with Crippen LogP contribution in [0.3, 0.4) is 0 Å². The Bertz CT molecular complexity index is 1220. The van der Waals surface area contributed by atoms with Crippen LogP contribution in [0.25, 0.3) is 10.9 Å². The molecule has 4 aromatic rings. The highest BCUT2D eigenvalue weighted by Crippen LogP contribution is 2.28. The second-order valence-electron chi connectivity index (χ2n) is 7.34. The predicted octanol–water partition coefficient (Wildman–Crippen LogP) is 6.07. The molecular weight excluding hydrogens is 401 g/mol. The summed E-state index contributed by atoms with van der Waals surface area (Å²) in [6.45, 7) is 6.50. The zero-order valence-corrected chi connectivity index (χ0v) is 17.9. The van der Waals surface area contributed by atoms with Gasteiger partial charge in [0.2, 0.25) is 0 Å². The summed E-state index contributed by atoms with van der Waals surface area (Å²) in [7, 11) is 0. The third-order valence-corrected chi connectivity index (χ3v) is 5.28. The van der Waals surface area contributed by atoms with Crippen molar-refractivity contribution in [3.05, 3.63) is 75.9 Å². The van der Waals surface area contributed by atoms with Gasteiger partial charge in [-0.05, 0) is 62.6 Å². The molecule has 2 aromatic heterocycles. The molecule has 30 heavy (non-hydrogen) atoms. The molecule has 0 aliphatic heterocycles. The fourth-order valence-corrected chi connectivity index (χ4v) is 3.90. The number of nitrogens with zero attached hydrogens (tertiary/aromatic N) is 2. The van der Waals surface area contributed by atoms with Gasteiger partial charge >= 0.3 is 0 Å². The van der Waals surface area contributed by atoms with E-state index in [1.54, 1.807) is 0 Å². The first-order valence-electron chi connectivity index (χ1n) is 9.79. The maximum atomic E-state index is 14.2. The highest BCUT2D eigenvalue weighted by atomic mass is 35.5. The van der Waals surface area contributed by atoms with E-state index >= 15 is 0 Å². The number of fused-ring (bicyclic) bond motifs is 1. The Labute approximate surface area is 179 Å². The lowest BCUT2D eigenvalue weighted by Gasteiger charge is -2.11. The Morgan fingerprint density at radius 2 is 1.83 bits per heavy atom. The molecule has 0 bridgehead atoms. The Hall–Kier alpha value is -3.12. The smallest absolute Gasteiger partial charge is 0.147 e. The third-order valence-electron chi connectivity index (χ3n) is 5.05. The van der Waals surface area contributed by atoms with Crippen LogP contribution in [-0.4, -0.2) is 21.5 Å². The van der Waals surface area contributed by atoms with Crippen molar-refractivity contribution < 1.29 is 4.39 Å². The number of hydrogen-bond donors (Lipinski definition) is 3. The van der Waals surface area contributed by atoms with E-state index < -0.39 is 0 Å². The van der Waals surface area contributed by atoms with Gasteiger partial charge in [0.1, 0.15) is 23.3 Å². The summed E-state index contributed by atoms with van der Waals surface area (Å²) in [6, 6.07) is 12.7. The van der Waals surface area contributed by atoms with E-state index in [-0.39, 0.29) is 5.82 Å². The van der Waals surface area contributed by atoms with Crippen LogP contribution in [0.5, 0.6) is 0 Å². The fraction of sp³-hybridized carbons (Fsp3) is 0.217. The molecule has 0 unspecified atom stereocenters. The lowest BCUT2D eigenvalue weighted by Crippen LogP contribution is -2.09. The summed E-state index contributed by atoms with van der Waals surface area (Å²) < 4.78 is 14.2. The van der Waals surface area contributed by atoms with Crippen molar-refractivity contribution >= 4 is 39.8 Å². The molecule has 2 aromatic carbocycles. The first kappa shape index (κ1) is 20.2. The maximum absolute atomic E-state index is 14.2. The molecule has 0 aliphatic carbocycles. The molecule has 0 saturated carbocycles. The Morgan fingerprint density at radius 3 is 2.63 bits per heavy atom. The van der Waals surface area contributed by atoms with E-state index in [1.165, 1.54) is 6.07 Å². The normalized spacial score (nSPS) is 11.1. The minimum absolute atomic E-state index is 0.221. The Morgan fingerprint density at radius 1 is 1.03 bits per heavy atom. The molecule has 7 heteroatoms. The number of anilines is 3. The minimum atomic E-state index is -0.221. The van der Waals surface area contributed by atoms with Crippen molar-refractivity contribution in [2.75, 3.05) is 17.2 Å². The van der Waals surface area contributed by atoms with E-state index in [0.717, 1.165) is 40.1 Å². The van der Waals surface area contributed by atoms with Crippen LogP contribution in [0.15, 0.2) is 42.5 Å². The summed E-state index contributed by atoms with van der Waals surface area (Å²) in [4.78, 5) is 12.1. The van der Waals surface area contributed by atoms with Crippen LogP contribution >= 0.6 is 11.6 Å². The predicted molar refractivity (Wildman–Crippen MR) is 121 cm³/mol. The summed E-state index contributed by atoms with van der Waals surface area (Å²) in [6.07, 6.45) is 0.746. The van der Waals surface area contributed by atoms with E-state index in [0.29, 0.717) is 28.7 Å². The Kier molecular flexibility index (Phi) is 5.59. The topological polar surface area (TPSA) is 65.6 Å². The van der Waals surface area contributed by atoms with Crippen LogP contribution in [0.2, 0.25) is 5.02 Å². The van der Waals surface area contributed by atoms with E-state index in [4.69, 9.17) is 11.6 Å². The SMILES string of the molecule is Cc1nc(NCCc2c(C)[nH]c3c(F)ccc(C)c23)cc(Nc2cccc(Cl)c2)n1. The summed E-state index contributed by atoms with van der Waals surface area (Å²) in [5.41, 5.74) is 4.61. The zero-order valence-electron chi connectivity index (χ0n) is 17.1. The number of halogens is 2. The van der Waals surface area contributed by atoms with Gasteiger partial charge < -0.3 is 15.6 Å². The highest BCUT2D eigenvalue weighted by molar-refractivity contribution is 6.30. The van der Waals surface area contributed by atoms with Gasteiger partial charge in [-0.25, -0.2) is 14.4 Å². The first-order chi connectivity index (χ1) is 14.4. The van der Waals surface area contributed by atoms with E-state index in [9.17, 15) is 4.39 Å². The summed E-state index contributed by atoms with van der Waals surface area (Å²) in [5.74, 6) is 1.85. The van der Waals surface area contributed by atoms with Gasteiger partial charge in [0.15, 0.2) is 0 Å². The minimum Gasteiger partial charge on any atom is -0.370 e. The van der Waals surface area contributed by atoms with Gasteiger partial charge in [-0.2, -0.15) is 0 Å². The van der Waals surface area contributed by atoms with Crippen LogP contribution in [0, 0.1) is 26.6 Å². The average molecular weight is 424 g/mol. The summed E-state index contributed by atoms with van der Waals surface area (Å²) in [5, 5.41) is 8.24. The molecule has 0 fully saturated rings. The van der Waals surface area contributed by atoms with Crippen LogP contribution in [0.1, 0.15) is 22.6 Å². The van der Waals surface area contributed by atoms with Gasteiger partial charge in [0.05, 0.1) is 5.52 Å². The monoisotopic (exact) mass is 423 g/mol.